The van der Waals surface area contributed by atoms with E-state index in [0.717, 1.165) is 12.8 Å². The Labute approximate surface area is 199 Å². The maximum atomic E-state index is 13.5. The molecule has 1 spiro atoms. The van der Waals surface area contributed by atoms with Crippen LogP contribution in [0, 0.1) is 12.3 Å². The maximum absolute atomic E-state index is 13.5. The van der Waals surface area contributed by atoms with Gasteiger partial charge in [0.25, 0.3) is 11.8 Å². The van der Waals surface area contributed by atoms with E-state index in [9.17, 15) is 22.8 Å². The lowest BCUT2D eigenvalue weighted by atomic mass is 9.77. The lowest BCUT2D eigenvalue weighted by Crippen LogP contribution is -2.70. The number of amides is 2. The molecule has 0 aromatic carbocycles. The average Bonchev–Trinajstić information content (AvgIpc) is 3.48. The molecule has 2 aliphatic heterocycles. The van der Waals surface area contributed by atoms with Crippen molar-refractivity contribution in [1.82, 2.24) is 25.3 Å². The second-order valence-corrected chi connectivity index (χ2v) is 9.66. The minimum absolute atomic E-state index is 0. The van der Waals surface area contributed by atoms with Crippen molar-refractivity contribution < 1.29 is 38.2 Å². The normalized spacial score (nSPS) is 20.5. The van der Waals surface area contributed by atoms with Crippen LogP contribution < -0.4 is 10.1 Å². The quantitative estimate of drug-likeness (QED) is 0.619. The molecular formula is C22H26F3N5O5. The number of carbonyl (C=O) groups is 2. The van der Waals surface area contributed by atoms with Gasteiger partial charge in [0.1, 0.15) is 11.4 Å². The highest BCUT2D eigenvalue weighted by Gasteiger charge is 2.55. The maximum Gasteiger partial charge on any atom is 0.422 e. The number of hydrogen-bond acceptors (Lipinski definition) is 8. The fourth-order valence-electron chi connectivity index (χ4n) is 4.35. The summed E-state index contributed by atoms with van der Waals surface area (Å²) < 4.78 is 53.6. The summed E-state index contributed by atoms with van der Waals surface area (Å²) in [5.41, 5.74) is -1.42. The molecule has 0 radical (unpaired) electrons. The molecule has 5 rings (SSSR count). The predicted molar refractivity (Wildman–Crippen MR) is 114 cm³/mol. The van der Waals surface area contributed by atoms with Crippen molar-refractivity contribution in [2.75, 3.05) is 32.9 Å². The van der Waals surface area contributed by atoms with Gasteiger partial charge in [-0.05, 0) is 25.7 Å². The molecule has 190 valence electrons. The second kappa shape index (κ2) is 8.18. The first-order chi connectivity index (χ1) is 16.5. The first-order valence-corrected chi connectivity index (χ1v) is 11.2. The van der Waals surface area contributed by atoms with Crippen LogP contribution in [0.4, 0.5) is 13.2 Å². The van der Waals surface area contributed by atoms with Gasteiger partial charge in [0.2, 0.25) is 11.7 Å². The molecule has 0 bridgehead atoms. The zero-order chi connectivity index (χ0) is 25.0. The first-order valence-electron chi connectivity index (χ1n) is 11.2. The van der Waals surface area contributed by atoms with E-state index in [1.165, 1.54) is 19.2 Å². The van der Waals surface area contributed by atoms with Crippen LogP contribution in [-0.4, -0.2) is 70.9 Å². The first kappa shape index (κ1) is 23.5. The third-order valence-electron chi connectivity index (χ3n) is 6.46. The van der Waals surface area contributed by atoms with Crippen molar-refractivity contribution in [3.05, 3.63) is 35.2 Å². The van der Waals surface area contributed by atoms with E-state index in [1.54, 1.807) is 11.8 Å². The molecule has 2 aromatic heterocycles. The Kier molecular flexibility index (Phi) is 5.49. The monoisotopic (exact) mass is 497 g/mol. The minimum Gasteiger partial charge on any atom is -0.484 e. The molecule has 3 aliphatic rings. The van der Waals surface area contributed by atoms with E-state index in [-0.39, 0.29) is 35.9 Å². The molecule has 1 N–H and O–H groups in total. The number of carbonyl (C=O) groups excluding carboxylic acids is 2. The summed E-state index contributed by atoms with van der Waals surface area (Å²) in [6.07, 6.45) is -1.57. The number of aryl methyl sites for hydroxylation is 1. The number of likely N-dealkylation sites (tertiary alicyclic amines) is 1. The van der Waals surface area contributed by atoms with E-state index >= 15 is 0 Å². The third-order valence-corrected chi connectivity index (χ3v) is 6.46. The molecule has 1 aliphatic carbocycles. The molecule has 10 nitrogen and oxygen atoms in total. The van der Waals surface area contributed by atoms with Crippen molar-refractivity contribution in [2.24, 2.45) is 5.41 Å². The molecule has 13 heteroatoms. The third kappa shape index (κ3) is 4.56. The van der Waals surface area contributed by atoms with Crippen molar-refractivity contribution >= 4 is 11.8 Å². The molecule has 2 aromatic rings. The summed E-state index contributed by atoms with van der Waals surface area (Å²) in [7, 11) is 0. The molecule has 1 saturated carbocycles. The summed E-state index contributed by atoms with van der Waals surface area (Å²) in [5, 5.41) is 6.47. The zero-order valence-corrected chi connectivity index (χ0v) is 19.1. The second-order valence-electron chi connectivity index (χ2n) is 9.66. The number of halogens is 3. The van der Waals surface area contributed by atoms with Gasteiger partial charge in [0.05, 0.1) is 18.6 Å². The van der Waals surface area contributed by atoms with Crippen LogP contribution in [0.25, 0.3) is 0 Å². The van der Waals surface area contributed by atoms with Gasteiger partial charge in [-0.2, -0.15) is 18.2 Å². The van der Waals surface area contributed by atoms with Crippen LogP contribution in [-0.2, 0) is 15.1 Å². The lowest BCUT2D eigenvalue weighted by Gasteiger charge is -2.56. The Morgan fingerprint density at radius 3 is 2.57 bits per heavy atom. The highest BCUT2D eigenvalue weighted by atomic mass is 19.4. The number of aromatic nitrogens is 3. The molecule has 1 atom stereocenters. The summed E-state index contributed by atoms with van der Waals surface area (Å²) in [4.78, 5) is 36.5. The topological polar surface area (TPSA) is 120 Å². The van der Waals surface area contributed by atoms with Crippen LogP contribution in [0.2, 0.25) is 0 Å². The highest BCUT2D eigenvalue weighted by molar-refractivity contribution is 5.98. The van der Waals surface area contributed by atoms with Gasteiger partial charge in [0.15, 0.2) is 12.1 Å². The molecule has 3 fully saturated rings. The SMILES string of the molecule is Cc1nc(C(C)(NC(=O)c2cc(OCC(F)(F)F)c(C3CC3)cn2)C(=O)N2CC3(COC3)C2)no1.[HH]. The predicted octanol–water partition coefficient (Wildman–Crippen LogP) is 2.34. The van der Waals surface area contributed by atoms with Crippen LogP contribution in [0.3, 0.4) is 0 Å². The highest BCUT2D eigenvalue weighted by Crippen LogP contribution is 2.44. The van der Waals surface area contributed by atoms with Gasteiger partial charge in [-0.3, -0.25) is 14.6 Å². The van der Waals surface area contributed by atoms with Gasteiger partial charge < -0.3 is 24.2 Å². The molecule has 4 heterocycles. The van der Waals surface area contributed by atoms with Crippen LogP contribution >= 0.6 is 0 Å². The van der Waals surface area contributed by atoms with Crippen LogP contribution in [0.15, 0.2) is 16.8 Å². The Morgan fingerprint density at radius 2 is 2.03 bits per heavy atom. The molecule has 35 heavy (non-hydrogen) atoms. The number of nitrogens with zero attached hydrogens (tertiary/aromatic N) is 4. The standard InChI is InChI=1S/C22H24F3N5O5.H2/c1-12-27-18(29-35-12)20(2,19(32)30-7-21(8-30)9-33-10-21)28-17(31)15-5-16(34-11-22(23,24)25)14(6-26-15)13-3-4-13;/h5-6,13H,3-4,7-11H2,1-2H3,(H,28,31);1H. The molecule has 1 unspecified atom stereocenters. The summed E-state index contributed by atoms with van der Waals surface area (Å²) in [5.74, 6) is -1.07. The molecule has 2 saturated heterocycles. The van der Waals surface area contributed by atoms with Gasteiger partial charge in [-0.1, -0.05) is 5.16 Å². The lowest BCUT2D eigenvalue weighted by molar-refractivity contribution is -0.198. The minimum atomic E-state index is -4.53. The van der Waals surface area contributed by atoms with Gasteiger partial charge >= 0.3 is 6.18 Å². The van der Waals surface area contributed by atoms with Gasteiger partial charge in [0, 0.05) is 39.3 Å². The van der Waals surface area contributed by atoms with E-state index < -0.39 is 30.1 Å². The summed E-state index contributed by atoms with van der Waals surface area (Å²) in [6.45, 7) is 3.60. The molecular weight excluding hydrogens is 471 g/mol. The van der Waals surface area contributed by atoms with E-state index in [2.05, 4.69) is 20.4 Å². The summed E-state index contributed by atoms with van der Waals surface area (Å²) >= 11 is 0. The van der Waals surface area contributed by atoms with Gasteiger partial charge in [-0.15, -0.1) is 0 Å². The number of alkyl halides is 3. The fourth-order valence-corrected chi connectivity index (χ4v) is 4.35. The van der Waals surface area contributed by atoms with Crippen molar-refractivity contribution in [3.8, 4) is 5.75 Å². The van der Waals surface area contributed by atoms with Crippen molar-refractivity contribution in [3.63, 3.8) is 0 Å². The number of rotatable bonds is 7. The Morgan fingerprint density at radius 1 is 1.31 bits per heavy atom. The van der Waals surface area contributed by atoms with Gasteiger partial charge in [-0.25, -0.2) is 0 Å². The molecule has 2 amide bonds. The van der Waals surface area contributed by atoms with Crippen LogP contribution in [0.5, 0.6) is 5.75 Å². The number of nitrogens with one attached hydrogen (secondary N) is 1. The average molecular weight is 497 g/mol. The van der Waals surface area contributed by atoms with E-state index in [0.29, 0.717) is 31.9 Å². The van der Waals surface area contributed by atoms with E-state index in [1.807, 2.05) is 0 Å². The Balaban J connectivity index is 0.00000304. The van der Waals surface area contributed by atoms with E-state index in [4.69, 9.17) is 14.0 Å². The van der Waals surface area contributed by atoms with Crippen molar-refractivity contribution in [1.29, 1.82) is 0 Å². The Bertz CT molecular complexity index is 1160. The Hall–Kier alpha value is -3.22. The van der Waals surface area contributed by atoms with Crippen molar-refractivity contribution in [2.45, 2.75) is 44.3 Å². The van der Waals surface area contributed by atoms with Crippen LogP contribution in [0.1, 0.15) is 54.9 Å². The number of ether oxygens (including phenoxy) is 2. The largest absolute Gasteiger partial charge is 0.484 e. The number of pyridine rings is 1. The number of hydrogen-bond donors (Lipinski definition) is 1. The fraction of sp³-hybridized carbons (Fsp3) is 0.591. The zero-order valence-electron chi connectivity index (χ0n) is 19.1. The summed E-state index contributed by atoms with van der Waals surface area (Å²) in [6, 6.07) is 1.17. The smallest absolute Gasteiger partial charge is 0.422 e.